The van der Waals surface area contributed by atoms with Crippen LogP contribution in [0.5, 0.6) is 0 Å². The molecule has 1 rings (SSSR count). The summed E-state index contributed by atoms with van der Waals surface area (Å²) < 4.78 is 0. The molecular weight excluding hydrogens is 259 g/mol. The molecular formula is C12H16Cl2N2O. The van der Waals surface area contributed by atoms with Crippen LogP contribution in [0.1, 0.15) is 26.2 Å². The summed E-state index contributed by atoms with van der Waals surface area (Å²) in [5.41, 5.74) is 6.29. The van der Waals surface area contributed by atoms with E-state index < -0.39 is 6.04 Å². The number of carbonyl (C=O) groups is 1. The molecule has 0 aliphatic rings. The molecule has 0 aromatic heterocycles. The Balaban J connectivity index is 2.61. The van der Waals surface area contributed by atoms with Crippen molar-refractivity contribution in [1.82, 2.24) is 0 Å². The standard InChI is InChI=1S/C12H16Cl2N2O/c1-2-3-4-10(15)12(17)16-11-6-5-8(13)7-9(11)14/h5-7,10H,2-4,15H2,1H3,(H,16,17). The van der Waals surface area contributed by atoms with Crippen LogP contribution in [0.2, 0.25) is 10.0 Å². The van der Waals surface area contributed by atoms with Crippen molar-refractivity contribution in [3.8, 4) is 0 Å². The summed E-state index contributed by atoms with van der Waals surface area (Å²) in [6.07, 6.45) is 2.62. The third-order valence-corrected chi connectivity index (χ3v) is 2.94. The van der Waals surface area contributed by atoms with Crippen LogP contribution < -0.4 is 11.1 Å². The second-order valence-electron chi connectivity index (χ2n) is 3.86. The number of anilines is 1. The zero-order valence-corrected chi connectivity index (χ0v) is 11.2. The van der Waals surface area contributed by atoms with Crippen LogP contribution in [0.3, 0.4) is 0 Å². The first-order valence-electron chi connectivity index (χ1n) is 5.56. The Morgan fingerprint density at radius 1 is 1.47 bits per heavy atom. The van der Waals surface area contributed by atoms with Crippen LogP contribution >= 0.6 is 23.2 Å². The summed E-state index contributed by atoms with van der Waals surface area (Å²) >= 11 is 11.7. The summed E-state index contributed by atoms with van der Waals surface area (Å²) in [4.78, 5) is 11.7. The Hall–Kier alpha value is -0.770. The van der Waals surface area contributed by atoms with Gasteiger partial charge in [0.1, 0.15) is 0 Å². The van der Waals surface area contributed by atoms with E-state index in [0.717, 1.165) is 12.8 Å². The molecule has 0 heterocycles. The van der Waals surface area contributed by atoms with E-state index in [1.807, 2.05) is 0 Å². The lowest BCUT2D eigenvalue weighted by Gasteiger charge is -2.12. The molecule has 1 aromatic rings. The van der Waals surface area contributed by atoms with E-state index in [2.05, 4.69) is 12.2 Å². The van der Waals surface area contributed by atoms with E-state index >= 15 is 0 Å². The van der Waals surface area contributed by atoms with Crippen molar-refractivity contribution in [2.24, 2.45) is 5.73 Å². The van der Waals surface area contributed by atoms with Crippen molar-refractivity contribution in [3.63, 3.8) is 0 Å². The van der Waals surface area contributed by atoms with Gasteiger partial charge in [-0.3, -0.25) is 4.79 Å². The molecule has 1 amide bonds. The summed E-state index contributed by atoms with van der Waals surface area (Å²) in [5, 5.41) is 3.63. The fraction of sp³-hybridized carbons (Fsp3) is 0.417. The van der Waals surface area contributed by atoms with Gasteiger partial charge in [0.2, 0.25) is 5.91 Å². The summed E-state index contributed by atoms with van der Waals surface area (Å²) in [6, 6.07) is 4.41. The number of nitrogens with one attached hydrogen (secondary N) is 1. The van der Waals surface area contributed by atoms with E-state index in [9.17, 15) is 4.79 Å². The number of hydrogen-bond acceptors (Lipinski definition) is 2. The first kappa shape index (κ1) is 14.3. The highest BCUT2D eigenvalue weighted by molar-refractivity contribution is 6.36. The number of halogens is 2. The first-order chi connectivity index (χ1) is 8.04. The number of nitrogens with two attached hydrogens (primary N) is 1. The molecule has 17 heavy (non-hydrogen) atoms. The monoisotopic (exact) mass is 274 g/mol. The van der Waals surface area contributed by atoms with E-state index in [-0.39, 0.29) is 5.91 Å². The van der Waals surface area contributed by atoms with E-state index in [0.29, 0.717) is 22.2 Å². The average Bonchev–Trinajstić information content (AvgIpc) is 2.29. The van der Waals surface area contributed by atoms with Crippen LogP contribution in [0.25, 0.3) is 0 Å². The molecule has 1 atom stereocenters. The zero-order valence-electron chi connectivity index (χ0n) is 9.67. The van der Waals surface area contributed by atoms with E-state index in [1.54, 1.807) is 18.2 Å². The Labute approximate surface area is 111 Å². The predicted molar refractivity (Wildman–Crippen MR) is 72.6 cm³/mol. The van der Waals surface area contributed by atoms with Gasteiger partial charge in [0, 0.05) is 5.02 Å². The van der Waals surface area contributed by atoms with Gasteiger partial charge in [-0.2, -0.15) is 0 Å². The SMILES string of the molecule is CCCCC(N)C(=O)Nc1ccc(Cl)cc1Cl. The van der Waals surface area contributed by atoms with Gasteiger partial charge in [-0.1, -0.05) is 43.0 Å². The maximum Gasteiger partial charge on any atom is 0.241 e. The number of carbonyl (C=O) groups excluding carboxylic acids is 1. The molecule has 1 unspecified atom stereocenters. The Morgan fingerprint density at radius 3 is 2.76 bits per heavy atom. The minimum atomic E-state index is -0.498. The fourth-order valence-corrected chi connectivity index (χ4v) is 1.83. The fourth-order valence-electron chi connectivity index (χ4n) is 1.37. The Morgan fingerprint density at radius 2 is 2.18 bits per heavy atom. The second kappa shape index (κ2) is 6.84. The Kier molecular flexibility index (Phi) is 5.75. The molecule has 1 aromatic carbocycles. The van der Waals surface area contributed by atoms with Crippen molar-refractivity contribution in [1.29, 1.82) is 0 Å². The summed E-state index contributed by atoms with van der Waals surface area (Å²) in [6.45, 7) is 2.06. The topological polar surface area (TPSA) is 55.1 Å². The normalized spacial score (nSPS) is 12.2. The van der Waals surface area contributed by atoms with Gasteiger partial charge in [0.25, 0.3) is 0 Å². The van der Waals surface area contributed by atoms with Gasteiger partial charge in [-0.15, -0.1) is 0 Å². The molecule has 3 nitrogen and oxygen atoms in total. The molecule has 0 aliphatic heterocycles. The quantitative estimate of drug-likeness (QED) is 0.864. The minimum Gasteiger partial charge on any atom is -0.323 e. The highest BCUT2D eigenvalue weighted by Crippen LogP contribution is 2.25. The van der Waals surface area contributed by atoms with Crippen molar-refractivity contribution < 1.29 is 4.79 Å². The van der Waals surface area contributed by atoms with Gasteiger partial charge in [-0.05, 0) is 24.6 Å². The van der Waals surface area contributed by atoms with Gasteiger partial charge in [0.15, 0.2) is 0 Å². The van der Waals surface area contributed by atoms with Gasteiger partial charge < -0.3 is 11.1 Å². The lowest BCUT2D eigenvalue weighted by Crippen LogP contribution is -2.35. The van der Waals surface area contributed by atoms with Gasteiger partial charge in [-0.25, -0.2) is 0 Å². The number of rotatable bonds is 5. The van der Waals surface area contributed by atoms with E-state index in [1.165, 1.54) is 0 Å². The molecule has 5 heteroatoms. The molecule has 94 valence electrons. The highest BCUT2D eigenvalue weighted by Gasteiger charge is 2.14. The van der Waals surface area contributed by atoms with E-state index in [4.69, 9.17) is 28.9 Å². The number of unbranched alkanes of at least 4 members (excludes halogenated alkanes) is 1. The van der Waals surface area contributed by atoms with Crippen molar-refractivity contribution >= 4 is 34.8 Å². The van der Waals surface area contributed by atoms with Crippen molar-refractivity contribution in [2.75, 3.05) is 5.32 Å². The maximum atomic E-state index is 11.7. The van der Waals surface area contributed by atoms with Gasteiger partial charge >= 0.3 is 0 Å². The third-order valence-electron chi connectivity index (χ3n) is 2.39. The van der Waals surface area contributed by atoms with Crippen LogP contribution in [-0.4, -0.2) is 11.9 Å². The molecule has 0 bridgehead atoms. The Bertz CT molecular complexity index is 396. The van der Waals surface area contributed by atoms with Crippen molar-refractivity contribution in [2.45, 2.75) is 32.2 Å². The lowest BCUT2D eigenvalue weighted by molar-refractivity contribution is -0.117. The lowest BCUT2D eigenvalue weighted by atomic mass is 10.1. The zero-order chi connectivity index (χ0) is 12.8. The summed E-state index contributed by atoms with van der Waals surface area (Å²) in [7, 11) is 0. The molecule has 3 N–H and O–H groups in total. The molecule has 0 spiro atoms. The highest BCUT2D eigenvalue weighted by atomic mass is 35.5. The van der Waals surface area contributed by atoms with Crippen LogP contribution in [0, 0.1) is 0 Å². The third kappa shape index (κ3) is 4.54. The molecule has 0 saturated carbocycles. The average molecular weight is 275 g/mol. The number of benzene rings is 1. The number of hydrogen-bond donors (Lipinski definition) is 2. The number of amides is 1. The van der Waals surface area contributed by atoms with Gasteiger partial charge in [0.05, 0.1) is 16.8 Å². The van der Waals surface area contributed by atoms with Crippen LogP contribution in [0.15, 0.2) is 18.2 Å². The minimum absolute atomic E-state index is 0.220. The predicted octanol–water partition coefficient (Wildman–Crippen LogP) is 3.45. The van der Waals surface area contributed by atoms with Crippen LogP contribution in [-0.2, 0) is 4.79 Å². The molecule has 0 saturated heterocycles. The molecule has 0 aliphatic carbocycles. The van der Waals surface area contributed by atoms with Crippen molar-refractivity contribution in [3.05, 3.63) is 28.2 Å². The second-order valence-corrected chi connectivity index (χ2v) is 4.71. The largest absolute Gasteiger partial charge is 0.323 e. The smallest absolute Gasteiger partial charge is 0.241 e. The first-order valence-corrected chi connectivity index (χ1v) is 6.31. The maximum absolute atomic E-state index is 11.7. The summed E-state index contributed by atoms with van der Waals surface area (Å²) in [5.74, 6) is -0.220. The molecule has 0 radical (unpaired) electrons. The molecule has 0 fully saturated rings. The van der Waals surface area contributed by atoms with Crippen LogP contribution in [0.4, 0.5) is 5.69 Å².